The summed E-state index contributed by atoms with van der Waals surface area (Å²) >= 11 is 11.8. The normalized spacial score (nSPS) is 10.1. The van der Waals surface area contributed by atoms with E-state index in [2.05, 4.69) is 10.6 Å². The summed E-state index contributed by atoms with van der Waals surface area (Å²) in [7, 11) is 1.59. The molecular weight excluding hydrogens is 351 g/mol. The lowest BCUT2D eigenvalue weighted by Gasteiger charge is -2.09. The number of halogens is 2. The molecule has 0 unspecified atom stereocenters. The van der Waals surface area contributed by atoms with Crippen molar-refractivity contribution in [1.82, 2.24) is 5.32 Å². The number of benzene rings is 2. The van der Waals surface area contributed by atoms with E-state index in [1.54, 1.807) is 49.5 Å². The Bertz CT molecular complexity index is 733. The van der Waals surface area contributed by atoms with Crippen LogP contribution in [0.2, 0.25) is 10.0 Å². The third-order valence-electron chi connectivity index (χ3n) is 3.13. The van der Waals surface area contributed by atoms with E-state index in [0.29, 0.717) is 27.9 Å². The Morgan fingerprint density at radius 1 is 1.04 bits per heavy atom. The molecule has 0 radical (unpaired) electrons. The molecular formula is C17H16Cl2N2O3. The van der Waals surface area contributed by atoms with E-state index in [9.17, 15) is 9.59 Å². The maximum atomic E-state index is 11.9. The minimum atomic E-state index is -0.329. The van der Waals surface area contributed by atoms with E-state index in [1.807, 2.05) is 0 Å². The van der Waals surface area contributed by atoms with Crippen LogP contribution in [0.3, 0.4) is 0 Å². The molecule has 0 heterocycles. The quantitative estimate of drug-likeness (QED) is 0.823. The first kappa shape index (κ1) is 18.1. The number of carbonyl (C=O) groups is 2. The molecule has 126 valence electrons. The van der Waals surface area contributed by atoms with E-state index < -0.39 is 0 Å². The summed E-state index contributed by atoms with van der Waals surface area (Å²) in [6.45, 7) is -0.194. The maximum Gasteiger partial charge on any atom is 0.262 e. The molecule has 0 fully saturated rings. The number of carbonyl (C=O) groups excluding carboxylic acids is 2. The van der Waals surface area contributed by atoms with Crippen LogP contribution in [0.25, 0.3) is 0 Å². The lowest BCUT2D eigenvalue weighted by atomic mass is 10.1. The second-order valence-electron chi connectivity index (χ2n) is 4.96. The van der Waals surface area contributed by atoms with Gasteiger partial charge in [-0.15, -0.1) is 0 Å². The summed E-state index contributed by atoms with van der Waals surface area (Å²) < 4.78 is 5.36. The van der Waals surface area contributed by atoms with Crippen molar-refractivity contribution in [3.05, 3.63) is 58.1 Å². The summed E-state index contributed by atoms with van der Waals surface area (Å²) in [4.78, 5) is 23.2. The number of likely N-dealkylation sites (N-methyl/N-ethyl adjacent to an activating group) is 1. The molecule has 5 nitrogen and oxygen atoms in total. The van der Waals surface area contributed by atoms with E-state index in [1.165, 1.54) is 0 Å². The van der Waals surface area contributed by atoms with Gasteiger partial charge in [0.25, 0.3) is 5.91 Å². The van der Waals surface area contributed by atoms with Crippen LogP contribution in [0.5, 0.6) is 5.75 Å². The Labute approximate surface area is 149 Å². The standard InChI is InChI=1S/C17H16Cl2N2O3/c1-20-16(22)8-11-2-5-13(6-3-11)21-17(23)10-24-15-9-12(18)4-7-14(15)19/h2-7,9H,8,10H2,1H3,(H,20,22)(H,21,23). The van der Waals surface area contributed by atoms with Gasteiger partial charge >= 0.3 is 0 Å². The SMILES string of the molecule is CNC(=O)Cc1ccc(NC(=O)COc2cc(Cl)ccc2Cl)cc1. The molecule has 2 N–H and O–H groups in total. The highest BCUT2D eigenvalue weighted by Crippen LogP contribution is 2.27. The van der Waals surface area contributed by atoms with Crippen molar-refractivity contribution in [3.8, 4) is 5.75 Å². The van der Waals surface area contributed by atoms with Gasteiger partial charge in [0.1, 0.15) is 5.75 Å². The first-order valence-electron chi connectivity index (χ1n) is 7.15. The van der Waals surface area contributed by atoms with Crippen LogP contribution in [0.15, 0.2) is 42.5 Å². The summed E-state index contributed by atoms with van der Waals surface area (Å²) in [5.41, 5.74) is 1.47. The van der Waals surface area contributed by atoms with E-state index in [4.69, 9.17) is 27.9 Å². The number of hydrogen-bond donors (Lipinski definition) is 2. The van der Waals surface area contributed by atoms with Crippen molar-refractivity contribution in [2.45, 2.75) is 6.42 Å². The van der Waals surface area contributed by atoms with Crippen molar-refractivity contribution >= 4 is 40.7 Å². The second-order valence-corrected chi connectivity index (χ2v) is 5.80. The average Bonchev–Trinajstić information content (AvgIpc) is 2.57. The Kier molecular flexibility index (Phi) is 6.46. The lowest BCUT2D eigenvalue weighted by Crippen LogP contribution is -2.21. The fraction of sp³-hybridized carbons (Fsp3) is 0.176. The van der Waals surface area contributed by atoms with Gasteiger partial charge in [0, 0.05) is 23.8 Å². The Balaban J connectivity index is 1.88. The first-order chi connectivity index (χ1) is 11.5. The molecule has 7 heteroatoms. The highest BCUT2D eigenvalue weighted by Gasteiger charge is 2.08. The molecule has 0 spiro atoms. The summed E-state index contributed by atoms with van der Waals surface area (Å²) in [6, 6.07) is 11.8. The molecule has 0 bridgehead atoms. The van der Waals surface area contributed by atoms with Crippen LogP contribution in [0.1, 0.15) is 5.56 Å². The number of rotatable bonds is 6. The highest BCUT2D eigenvalue weighted by molar-refractivity contribution is 6.34. The topological polar surface area (TPSA) is 67.4 Å². The predicted octanol–water partition coefficient (Wildman–Crippen LogP) is 3.30. The van der Waals surface area contributed by atoms with Crippen LogP contribution in [-0.2, 0) is 16.0 Å². The van der Waals surface area contributed by atoms with Crippen molar-refractivity contribution < 1.29 is 14.3 Å². The maximum absolute atomic E-state index is 11.9. The summed E-state index contributed by atoms with van der Waals surface area (Å²) in [5, 5.41) is 6.11. The zero-order valence-electron chi connectivity index (χ0n) is 12.9. The monoisotopic (exact) mass is 366 g/mol. The van der Waals surface area contributed by atoms with Gasteiger partial charge in [-0.1, -0.05) is 35.3 Å². The number of anilines is 1. The van der Waals surface area contributed by atoms with Gasteiger partial charge < -0.3 is 15.4 Å². The minimum absolute atomic E-state index is 0.0708. The fourth-order valence-corrected chi connectivity index (χ4v) is 2.24. The third-order valence-corrected chi connectivity index (χ3v) is 3.68. The van der Waals surface area contributed by atoms with Crippen LogP contribution < -0.4 is 15.4 Å². The first-order valence-corrected chi connectivity index (χ1v) is 7.91. The summed E-state index contributed by atoms with van der Waals surface area (Å²) in [5.74, 6) is -0.0519. The van der Waals surface area contributed by atoms with E-state index in [-0.39, 0.29) is 18.4 Å². The smallest absolute Gasteiger partial charge is 0.262 e. The summed E-state index contributed by atoms with van der Waals surface area (Å²) in [6.07, 6.45) is 0.293. The molecule has 0 aliphatic heterocycles. The van der Waals surface area contributed by atoms with Crippen LogP contribution in [0.4, 0.5) is 5.69 Å². The number of amides is 2. The molecule has 0 atom stereocenters. The van der Waals surface area contributed by atoms with Crippen molar-refractivity contribution in [3.63, 3.8) is 0 Å². The van der Waals surface area contributed by atoms with Gasteiger partial charge in [0.15, 0.2) is 6.61 Å². The fourth-order valence-electron chi connectivity index (χ4n) is 1.91. The van der Waals surface area contributed by atoms with Crippen molar-refractivity contribution in [1.29, 1.82) is 0 Å². The molecule has 2 aromatic carbocycles. The van der Waals surface area contributed by atoms with Gasteiger partial charge in [0.05, 0.1) is 11.4 Å². The molecule has 0 saturated heterocycles. The van der Waals surface area contributed by atoms with Gasteiger partial charge in [-0.2, -0.15) is 0 Å². The molecule has 0 aliphatic rings. The zero-order chi connectivity index (χ0) is 17.5. The molecule has 0 aromatic heterocycles. The molecule has 2 amide bonds. The van der Waals surface area contributed by atoms with E-state index in [0.717, 1.165) is 5.56 Å². The van der Waals surface area contributed by atoms with Gasteiger partial charge in [-0.25, -0.2) is 0 Å². The molecule has 2 rings (SSSR count). The number of ether oxygens (including phenoxy) is 1. The average molecular weight is 367 g/mol. The second kappa shape index (κ2) is 8.57. The van der Waals surface area contributed by atoms with Gasteiger partial charge in [0.2, 0.25) is 5.91 Å². The lowest BCUT2D eigenvalue weighted by molar-refractivity contribution is -0.120. The zero-order valence-corrected chi connectivity index (χ0v) is 14.4. The number of nitrogens with one attached hydrogen (secondary N) is 2. The van der Waals surface area contributed by atoms with Crippen molar-refractivity contribution in [2.75, 3.05) is 19.0 Å². The highest BCUT2D eigenvalue weighted by atomic mass is 35.5. The molecule has 2 aromatic rings. The van der Waals surface area contributed by atoms with E-state index >= 15 is 0 Å². The van der Waals surface area contributed by atoms with Crippen LogP contribution in [0, 0.1) is 0 Å². The Hall–Kier alpha value is -2.24. The number of hydrogen-bond acceptors (Lipinski definition) is 3. The Morgan fingerprint density at radius 3 is 2.42 bits per heavy atom. The van der Waals surface area contributed by atoms with Crippen LogP contribution >= 0.6 is 23.2 Å². The minimum Gasteiger partial charge on any atom is -0.482 e. The van der Waals surface area contributed by atoms with Gasteiger partial charge in [-0.05, 0) is 29.8 Å². The molecule has 0 aliphatic carbocycles. The largest absolute Gasteiger partial charge is 0.482 e. The Morgan fingerprint density at radius 2 is 1.75 bits per heavy atom. The third kappa shape index (κ3) is 5.44. The molecule has 0 saturated carbocycles. The van der Waals surface area contributed by atoms with Crippen molar-refractivity contribution in [2.24, 2.45) is 0 Å². The van der Waals surface area contributed by atoms with Gasteiger partial charge in [-0.3, -0.25) is 9.59 Å². The predicted molar refractivity (Wildman–Crippen MR) is 94.8 cm³/mol. The van der Waals surface area contributed by atoms with Crippen LogP contribution in [-0.4, -0.2) is 25.5 Å². The molecule has 24 heavy (non-hydrogen) atoms.